The average molecular weight is 395 g/mol. The standard InChI is InChI=1S/C19H26N4O3.ClH/c1-3-25-16-6-4-15(5-7-16)19-21-17(26-22-19)8-9-18(24)23-11-10-14(13-23)12-20-2;/h4-7,14,20H,3,8-13H2,1-2H3;1H. The van der Waals surface area contributed by atoms with Gasteiger partial charge >= 0.3 is 0 Å². The Morgan fingerprint density at radius 3 is 2.85 bits per heavy atom. The lowest BCUT2D eigenvalue weighted by molar-refractivity contribution is -0.130. The second-order valence-electron chi connectivity index (χ2n) is 6.52. The van der Waals surface area contributed by atoms with Crippen molar-refractivity contribution in [2.45, 2.75) is 26.2 Å². The number of aryl methyl sites for hydroxylation is 1. The number of nitrogens with zero attached hydrogens (tertiary/aromatic N) is 3. The summed E-state index contributed by atoms with van der Waals surface area (Å²) in [7, 11) is 1.95. The first-order chi connectivity index (χ1) is 12.7. The number of benzene rings is 1. The minimum atomic E-state index is 0. The Morgan fingerprint density at radius 1 is 1.37 bits per heavy atom. The van der Waals surface area contributed by atoms with Crippen LogP contribution in [0.5, 0.6) is 5.75 Å². The molecule has 1 N–H and O–H groups in total. The first-order valence-corrected chi connectivity index (χ1v) is 9.17. The summed E-state index contributed by atoms with van der Waals surface area (Å²) in [4.78, 5) is 18.7. The van der Waals surface area contributed by atoms with E-state index in [1.165, 1.54) is 0 Å². The van der Waals surface area contributed by atoms with Gasteiger partial charge in [0.1, 0.15) is 5.75 Å². The molecule has 2 heterocycles. The van der Waals surface area contributed by atoms with Crippen molar-refractivity contribution in [1.82, 2.24) is 20.4 Å². The SMILES string of the molecule is CCOc1ccc(-c2noc(CCC(=O)N3CCC(CNC)C3)n2)cc1.Cl. The molecule has 2 aromatic rings. The summed E-state index contributed by atoms with van der Waals surface area (Å²) in [5.74, 6) is 2.55. The summed E-state index contributed by atoms with van der Waals surface area (Å²) in [6.07, 6.45) is 1.93. The molecule has 1 unspecified atom stereocenters. The minimum Gasteiger partial charge on any atom is -0.494 e. The van der Waals surface area contributed by atoms with Crippen molar-refractivity contribution in [2.24, 2.45) is 5.92 Å². The number of nitrogens with one attached hydrogen (secondary N) is 1. The molecule has 1 aromatic carbocycles. The Labute approximate surface area is 165 Å². The van der Waals surface area contributed by atoms with E-state index < -0.39 is 0 Å². The Bertz CT molecular complexity index is 720. The molecule has 0 spiro atoms. The molecule has 8 heteroatoms. The Balaban J connectivity index is 0.00000261. The van der Waals surface area contributed by atoms with Gasteiger partial charge in [0.15, 0.2) is 0 Å². The van der Waals surface area contributed by atoms with E-state index >= 15 is 0 Å². The van der Waals surface area contributed by atoms with Crippen LogP contribution in [0.1, 0.15) is 25.7 Å². The number of amides is 1. The number of aromatic nitrogens is 2. The fourth-order valence-electron chi connectivity index (χ4n) is 3.23. The molecule has 148 valence electrons. The molecule has 3 rings (SSSR count). The van der Waals surface area contributed by atoms with E-state index in [-0.39, 0.29) is 18.3 Å². The molecule has 0 saturated carbocycles. The highest BCUT2D eigenvalue weighted by Crippen LogP contribution is 2.21. The predicted octanol–water partition coefficient (Wildman–Crippen LogP) is 2.56. The van der Waals surface area contributed by atoms with E-state index in [1.807, 2.05) is 43.1 Å². The number of halogens is 1. The molecule has 0 bridgehead atoms. The second-order valence-corrected chi connectivity index (χ2v) is 6.52. The van der Waals surface area contributed by atoms with Crippen LogP contribution in [0.15, 0.2) is 28.8 Å². The third kappa shape index (κ3) is 5.68. The lowest BCUT2D eigenvalue weighted by atomic mass is 10.1. The molecular formula is C19H27ClN4O3. The van der Waals surface area contributed by atoms with Gasteiger partial charge in [0.05, 0.1) is 6.61 Å². The highest BCUT2D eigenvalue weighted by atomic mass is 35.5. The van der Waals surface area contributed by atoms with Crippen LogP contribution in [0, 0.1) is 5.92 Å². The van der Waals surface area contributed by atoms with Gasteiger partial charge in [-0.25, -0.2) is 0 Å². The Morgan fingerprint density at radius 2 is 2.15 bits per heavy atom. The number of likely N-dealkylation sites (tertiary alicyclic amines) is 1. The summed E-state index contributed by atoms with van der Waals surface area (Å²) in [5, 5.41) is 7.19. The topological polar surface area (TPSA) is 80.5 Å². The molecule has 1 aliphatic rings. The van der Waals surface area contributed by atoms with Crippen molar-refractivity contribution in [2.75, 3.05) is 33.3 Å². The largest absolute Gasteiger partial charge is 0.494 e. The highest BCUT2D eigenvalue weighted by Gasteiger charge is 2.25. The maximum atomic E-state index is 12.3. The van der Waals surface area contributed by atoms with Crippen LogP contribution in [-0.2, 0) is 11.2 Å². The molecular weight excluding hydrogens is 368 g/mol. The Hall–Kier alpha value is -2.12. The molecule has 0 radical (unpaired) electrons. The lowest BCUT2D eigenvalue weighted by Crippen LogP contribution is -2.30. The summed E-state index contributed by atoms with van der Waals surface area (Å²) >= 11 is 0. The zero-order valence-corrected chi connectivity index (χ0v) is 16.6. The third-order valence-corrected chi connectivity index (χ3v) is 4.58. The first-order valence-electron chi connectivity index (χ1n) is 9.17. The van der Waals surface area contributed by atoms with E-state index in [2.05, 4.69) is 15.5 Å². The van der Waals surface area contributed by atoms with E-state index in [1.54, 1.807) is 0 Å². The minimum absolute atomic E-state index is 0. The summed E-state index contributed by atoms with van der Waals surface area (Å²) < 4.78 is 10.7. The van der Waals surface area contributed by atoms with Crippen LogP contribution in [0.3, 0.4) is 0 Å². The summed E-state index contributed by atoms with van der Waals surface area (Å²) in [6, 6.07) is 7.56. The lowest BCUT2D eigenvalue weighted by Gasteiger charge is -2.15. The van der Waals surface area contributed by atoms with Gasteiger partial charge in [0.25, 0.3) is 0 Å². The van der Waals surface area contributed by atoms with Gasteiger partial charge in [-0.3, -0.25) is 4.79 Å². The Kier molecular flexibility index (Phi) is 8.06. The zero-order chi connectivity index (χ0) is 18.4. The van der Waals surface area contributed by atoms with E-state index in [0.29, 0.717) is 37.1 Å². The van der Waals surface area contributed by atoms with Crippen LogP contribution in [0.2, 0.25) is 0 Å². The van der Waals surface area contributed by atoms with Gasteiger partial charge in [-0.1, -0.05) is 5.16 Å². The number of carbonyl (C=O) groups excluding carboxylic acids is 1. The van der Waals surface area contributed by atoms with Crippen LogP contribution in [-0.4, -0.2) is 54.2 Å². The van der Waals surface area contributed by atoms with E-state index in [9.17, 15) is 4.79 Å². The second kappa shape index (κ2) is 10.3. The van der Waals surface area contributed by atoms with Gasteiger partial charge in [-0.05, 0) is 57.1 Å². The summed E-state index contributed by atoms with van der Waals surface area (Å²) in [5.41, 5.74) is 0.865. The molecule has 7 nitrogen and oxygen atoms in total. The molecule has 1 atom stereocenters. The van der Waals surface area contributed by atoms with Crippen LogP contribution >= 0.6 is 12.4 Å². The predicted molar refractivity (Wildman–Crippen MR) is 105 cm³/mol. The summed E-state index contributed by atoms with van der Waals surface area (Å²) in [6.45, 7) is 5.21. The molecule has 1 fully saturated rings. The van der Waals surface area contributed by atoms with Crippen LogP contribution in [0.25, 0.3) is 11.4 Å². The fourth-order valence-corrected chi connectivity index (χ4v) is 3.23. The molecule has 1 amide bonds. The molecule has 1 saturated heterocycles. The molecule has 1 aromatic heterocycles. The maximum Gasteiger partial charge on any atom is 0.227 e. The first kappa shape index (κ1) is 21.2. The van der Waals surface area contributed by atoms with Crippen molar-refractivity contribution in [3.05, 3.63) is 30.2 Å². The van der Waals surface area contributed by atoms with Gasteiger partial charge in [-0.15, -0.1) is 12.4 Å². The van der Waals surface area contributed by atoms with Gasteiger partial charge in [-0.2, -0.15) is 4.98 Å². The normalized spacial score (nSPS) is 16.2. The van der Waals surface area contributed by atoms with Crippen LogP contribution in [0.4, 0.5) is 0 Å². The fraction of sp³-hybridized carbons (Fsp3) is 0.526. The molecule has 0 aliphatic carbocycles. The van der Waals surface area contributed by atoms with Crippen molar-refractivity contribution in [1.29, 1.82) is 0 Å². The average Bonchev–Trinajstić information content (AvgIpc) is 3.31. The number of ether oxygens (including phenoxy) is 1. The number of hydrogen-bond acceptors (Lipinski definition) is 6. The number of hydrogen-bond donors (Lipinski definition) is 1. The van der Waals surface area contributed by atoms with Crippen molar-refractivity contribution in [3.63, 3.8) is 0 Å². The number of carbonyl (C=O) groups is 1. The van der Waals surface area contributed by atoms with Crippen molar-refractivity contribution < 1.29 is 14.1 Å². The number of rotatable bonds is 8. The zero-order valence-electron chi connectivity index (χ0n) is 15.8. The smallest absolute Gasteiger partial charge is 0.227 e. The molecule has 27 heavy (non-hydrogen) atoms. The van der Waals surface area contributed by atoms with Crippen molar-refractivity contribution in [3.8, 4) is 17.1 Å². The maximum absolute atomic E-state index is 12.3. The van der Waals surface area contributed by atoms with E-state index in [0.717, 1.165) is 37.4 Å². The van der Waals surface area contributed by atoms with E-state index in [4.69, 9.17) is 9.26 Å². The van der Waals surface area contributed by atoms with Crippen molar-refractivity contribution >= 4 is 18.3 Å². The van der Waals surface area contributed by atoms with Gasteiger partial charge < -0.3 is 19.5 Å². The van der Waals surface area contributed by atoms with Gasteiger partial charge in [0.2, 0.25) is 17.6 Å². The van der Waals surface area contributed by atoms with Crippen LogP contribution < -0.4 is 10.1 Å². The third-order valence-electron chi connectivity index (χ3n) is 4.58. The highest BCUT2D eigenvalue weighted by molar-refractivity contribution is 5.85. The van der Waals surface area contributed by atoms with Gasteiger partial charge in [0, 0.05) is 31.5 Å². The molecule has 1 aliphatic heterocycles. The monoisotopic (exact) mass is 394 g/mol. The quantitative estimate of drug-likeness (QED) is 0.741.